The van der Waals surface area contributed by atoms with Crippen molar-refractivity contribution in [2.24, 2.45) is 5.73 Å². The molecule has 0 spiro atoms. The molecule has 2 heterocycles. The molecule has 0 unspecified atom stereocenters. The highest BCUT2D eigenvalue weighted by atomic mass is 19.1. The van der Waals surface area contributed by atoms with Crippen molar-refractivity contribution >= 4 is 11.6 Å². The van der Waals surface area contributed by atoms with Crippen molar-refractivity contribution in [3.05, 3.63) is 29.9 Å². The van der Waals surface area contributed by atoms with E-state index in [9.17, 15) is 9.18 Å². The van der Waals surface area contributed by atoms with E-state index in [0.717, 1.165) is 5.69 Å². The summed E-state index contributed by atoms with van der Waals surface area (Å²) >= 11 is 0. The van der Waals surface area contributed by atoms with Crippen molar-refractivity contribution in [3.63, 3.8) is 0 Å². The number of halogens is 1. The summed E-state index contributed by atoms with van der Waals surface area (Å²) in [5.41, 5.74) is 7.16. The summed E-state index contributed by atoms with van der Waals surface area (Å²) in [7, 11) is 0. The van der Waals surface area contributed by atoms with Crippen molar-refractivity contribution < 1.29 is 13.9 Å². The second-order valence-electron chi connectivity index (χ2n) is 3.97. The molecule has 5 nitrogen and oxygen atoms in total. The lowest BCUT2D eigenvalue weighted by atomic mass is 10.1. The predicted molar refractivity (Wildman–Crippen MR) is 64.9 cm³/mol. The number of rotatable bonds is 4. The monoisotopic (exact) mass is 251 g/mol. The third-order valence-electron chi connectivity index (χ3n) is 2.65. The summed E-state index contributed by atoms with van der Waals surface area (Å²) in [4.78, 5) is 15.4. The van der Waals surface area contributed by atoms with Gasteiger partial charge in [0.15, 0.2) is 0 Å². The summed E-state index contributed by atoms with van der Waals surface area (Å²) in [5.74, 6) is 0.441. The molecule has 1 amide bonds. The van der Waals surface area contributed by atoms with E-state index < -0.39 is 0 Å². The van der Waals surface area contributed by atoms with Crippen molar-refractivity contribution in [2.45, 2.75) is 12.8 Å². The Hall–Kier alpha value is -1.95. The molecule has 1 aromatic heterocycles. The Balaban J connectivity index is 2.07. The van der Waals surface area contributed by atoms with E-state index >= 15 is 0 Å². The Labute approximate surface area is 104 Å². The van der Waals surface area contributed by atoms with Gasteiger partial charge in [0, 0.05) is 31.0 Å². The normalized spacial score (nSPS) is 15.0. The molecular weight excluding hydrogens is 237 g/mol. The number of nitrogens with zero attached hydrogens (tertiary/aromatic N) is 1. The zero-order valence-corrected chi connectivity index (χ0v) is 9.78. The van der Waals surface area contributed by atoms with Gasteiger partial charge in [-0.05, 0) is 0 Å². The third kappa shape index (κ3) is 2.84. The standard InChI is InChI=1S/C12H14FN3O2/c13-4-8(5-14)7-18-9-3-11-10(15-6-9)1-2-12(17)16-11/h3-4,6H,1-2,5,7,14H2,(H,16,17)/b8-4+. The number of fused-ring (bicyclic) bond motifs is 1. The van der Waals surface area contributed by atoms with Crippen LogP contribution in [-0.2, 0) is 11.2 Å². The first kappa shape index (κ1) is 12.5. The van der Waals surface area contributed by atoms with Crippen LogP contribution in [0.3, 0.4) is 0 Å². The lowest BCUT2D eigenvalue weighted by Crippen LogP contribution is -2.20. The van der Waals surface area contributed by atoms with Crippen LogP contribution in [0.15, 0.2) is 24.2 Å². The van der Waals surface area contributed by atoms with E-state index in [4.69, 9.17) is 10.5 Å². The van der Waals surface area contributed by atoms with E-state index in [1.165, 1.54) is 0 Å². The minimum atomic E-state index is -0.0345. The van der Waals surface area contributed by atoms with Gasteiger partial charge in [-0.15, -0.1) is 0 Å². The number of ether oxygens (including phenoxy) is 1. The maximum Gasteiger partial charge on any atom is 0.224 e. The number of hydrogen-bond donors (Lipinski definition) is 2. The molecule has 2 rings (SSSR count). The van der Waals surface area contributed by atoms with Crippen LogP contribution >= 0.6 is 0 Å². The number of anilines is 1. The van der Waals surface area contributed by atoms with Crippen LogP contribution < -0.4 is 15.8 Å². The molecule has 3 N–H and O–H groups in total. The number of nitrogens with one attached hydrogen (secondary N) is 1. The van der Waals surface area contributed by atoms with Gasteiger partial charge in [-0.2, -0.15) is 0 Å². The van der Waals surface area contributed by atoms with E-state index in [1.54, 1.807) is 12.3 Å². The minimum Gasteiger partial charge on any atom is -0.487 e. The first-order valence-electron chi connectivity index (χ1n) is 5.62. The van der Waals surface area contributed by atoms with Gasteiger partial charge in [0.05, 0.1) is 23.9 Å². The highest BCUT2D eigenvalue weighted by Gasteiger charge is 2.16. The average molecular weight is 251 g/mol. The minimum absolute atomic E-state index is 0.0345. The molecule has 18 heavy (non-hydrogen) atoms. The predicted octanol–water partition coefficient (Wildman–Crippen LogP) is 1.16. The molecule has 1 aliphatic rings. The van der Waals surface area contributed by atoms with Gasteiger partial charge in [-0.1, -0.05) is 0 Å². The van der Waals surface area contributed by atoms with E-state index in [0.29, 0.717) is 36.2 Å². The van der Waals surface area contributed by atoms with Crippen molar-refractivity contribution in [1.29, 1.82) is 0 Å². The molecular formula is C12H14FN3O2. The molecule has 0 saturated heterocycles. The molecule has 0 radical (unpaired) electrons. The Morgan fingerprint density at radius 2 is 2.44 bits per heavy atom. The van der Waals surface area contributed by atoms with Crippen LogP contribution in [0.25, 0.3) is 0 Å². The number of carbonyl (C=O) groups excluding carboxylic acids is 1. The van der Waals surface area contributed by atoms with Crippen LogP contribution in [0.5, 0.6) is 5.75 Å². The fourth-order valence-corrected chi connectivity index (χ4v) is 1.62. The fraction of sp³-hybridized carbons (Fsp3) is 0.333. The number of carbonyl (C=O) groups is 1. The maximum absolute atomic E-state index is 12.3. The van der Waals surface area contributed by atoms with E-state index in [-0.39, 0.29) is 19.1 Å². The van der Waals surface area contributed by atoms with Gasteiger partial charge in [0.2, 0.25) is 5.91 Å². The van der Waals surface area contributed by atoms with E-state index in [1.807, 2.05) is 0 Å². The molecule has 0 bridgehead atoms. The van der Waals surface area contributed by atoms with Gasteiger partial charge in [0.1, 0.15) is 12.4 Å². The summed E-state index contributed by atoms with van der Waals surface area (Å²) in [5, 5.41) is 2.72. The zero-order valence-electron chi connectivity index (χ0n) is 9.78. The summed E-state index contributed by atoms with van der Waals surface area (Å²) in [6.07, 6.45) is 3.07. The van der Waals surface area contributed by atoms with Crippen LogP contribution in [0.1, 0.15) is 12.1 Å². The number of aromatic nitrogens is 1. The first-order chi connectivity index (χ1) is 8.72. The lowest BCUT2D eigenvalue weighted by molar-refractivity contribution is -0.116. The number of hydrogen-bond acceptors (Lipinski definition) is 4. The highest BCUT2D eigenvalue weighted by Crippen LogP contribution is 2.24. The fourth-order valence-electron chi connectivity index (χ4n) is 1.62. The second-order valence-corrected chi connectivity index (χ2v) is 3.97. The van der Waals surface area contributed by atoms with Gasteiger partial charge in [-0.25, -0.2) is 4.39 Å². The molecule has 0 fully saturated rings. The molecule has 96 valence electrons. The summed E-state index contributed by atoms with van der Waals surface area (Å²) < 4.78 is 17.6. The molecule has 0 aliphatic carbocycles. The van der Waals surface area contributed by atoms with Crippen molar-refractivity contribution in [2.75, 3.05) is 18.5 Å². The van der Waals surface area contributed by atoms with Gasteiger partial charge >= 0.3 is 0 Å². The van der Waals surface area contributed by atoms with Crippen LogP contribution in [0, 0.1) is 0 Å². The van der Waals surface area contributed by atoms with Gasteiger partial charge in [-0.3, -0.25) is 9.78 Å². The summed E-state index contributed by atoms with van der Waals surface area (Å²) in [6, 6.07) is 1.69. The van der Waals surface area contributed by atoms with Gasteiger partial charge < -0.3 is 15.8 Å². The molecule has 6 heteroatoms. The molecule has 0 saturated carbocycles. The third-order valence-corrected chi connectivity index (χ3v) is 2.65. The quantitative estimate of drug-likeness (QED) is 0.841. The van der Waals surface area contributed by atoms with Gasteiger partial charge in [0.25, 0.3) is 0 Å². The van der Waals surface area contributed by atoms with Crippen LogP contribution in [0.4, 0.5) is 10.1 Å². The number of aryl methyl sites for hydroxylation is 1. The van der Waals surface area contributed by atoms with Crippen molar-refractivity contribution in [3.8, 4) is 5.75 Å². The Kier molecular flexibility index (Phi) is 3.88. The smallest absolute Gasteiger partial charge is 0.224 e. The number of nitrogens with two attached hydrogens (primary N) is 1. The molecule has 1 aliphatic heterocycles. The second kappa shape index (κ2) is 5.59. The topological polar surface area (TPSA) is 77.2 Å². The molecule has 0 atom stereocenters. The first-order valence-corrected chi connectivity index (χ1v) is 5.62. The van der Waals surface area contributed by atoms with Crippen LogP contribution in [0.2, 0.25) is 0 Å². The molecule has 1 aromatic rings. The molecule has 0 aromatic carbocycles. The average Bonchev–Trinajstić information content (AvgIpc) is 2.39. The summed E-state index contributed by atoms with van der Waals surface area (Å²) in [6.45, 7) is 0.174. The largest absolute Gasteiger partial charge is 0.487 e. The van der Waals surface area contributed by atoms with Crippen LogP contribution in [-0.4, -0.2) is 24.0 Å². The Morgan fingerprint density at radius 1 is 1.61 bits per heavy atom. The Bertz CT molecular complexity index is 488. The van der Waals surface area contributed by atoms with E-state index in [2.05, 4.69) is 10.3 Å². The SMILES string of the molecule is NC/C(=C\F)COc1cnc2c(c1)NC(=O)CC2. The lowest BCUT2D eigenvalue weighted by Gasteiger charge is -2.16. The maximum atomic E-state index is 12.3. The number of pyridine rings is 1. The Morgan fingerprint density at radius 3 is 3.17 bits per heavy atom. The highest BCUT2D eigenvalue weighted by molar-refractivity contribution is 5.93. The van der Waals surface area contributed by atoms with Crippen molar-refractivity contribution in [1.82, 2.24) is 4.98 Å². The number of amides is 1. The zero-order chi connectivity index (χ0) is 13.0.